The highest BCUT2D eigenvalue weighted by molar-refractivity contribution is 5.82. The third-order valence-electron chi connectivity index (χ3n) is 9.98. The molecule has 8 unspecified atom stereocenters. The summed E-state index contributed by atoms with van der Waals surface area (Å²) in [6, 6.07) is 0. The van der Waals surface area contributed by atoms with Gasteiger partial charge in [0.1, 0.15) is 0 Å². The van der Waals surface area contributed by atoms with E-state index in [0.29, 0.717) is 23.3 Å². The maximum atomic E-state index is 9.70. The smallest absolute Gasteiger partial charge is 0.216 e. The van der Waals surface area contributed by atoms with Crippen LogP contribution in [0.5, 0.6) is 0 Å². The van der Waals surface area contributed by atoms with Crippen LogP contribution in [-0.4, -0.2) is 44.0 Å². The van der Waals surface area contributed by atoms with E-state index in [-0.39, 0.29) is 12.5 Å². The average Bonchev–Trinajstić information content (AvgIpc) is 3.18. The van der Waals surface area contributed by atoms with E-state index < -0.39 is 0 Å². The van der Waals surface area contributed by atoms with Crippen LogP contribution in [0.25, 0.3) is 0 Å². The van der Waals surface area contributed by atoms with Gasteiger partial charge in [-0.15, -0.1) is 0 Å². The molecule has 206 valence electrons. The highest BCUT2D eigenvalue weighted by atomic mass is 16.3. The Bertz CT molecular complexity index is 652. The average molecular weight is 494 g/mol. The number of amides is 1. The fourth-order valence-electron chi connectivity index (χ4n) is 8.43. The molecule has 0 bridgehead atoms. The van der Waals surface area contributed by atoms with Crippen LogP contribution < -0.4 is 10.6 Å². The summed E-state index contributed by atoms with van der Waals surface area (Å²) < 4.78 is 0. The van der Waals surface area contributed by atoms with Crippen LogP contribution in [0, 0.1) is 51.7 Å². The molecular formula is C30H59N3O2. The Balaban J connectivity index is 0.000000431. The lowest BCUT2D eigenvalue weighted by molar-refractivity contribution is -0.118. The summed E-state index contributed by atoms with van der Waals surface area (Å²) in [6.45, 7) is 16.2. The second kappa shape index (κ2) is 14.7. The number of carbonyl (C=O) groups is 1. The molecular weight excluding hydrogens is 434 g/mol. The van der Waals surface area contributed by atoms with Gasteiger partial charge in [0.25, 0.3) is 0 Å². The number of aliphatic hydroxyl groups excluding tert-OH is 1. The molecule has 4 rings (SSSR count). The van der Waals surface area contributed by atoms with Crippen LogP contribution in [-0.2, 0) is 4.79 Å². The first kappa shape index (κ1) is 32.1. The molecule has 5 heteroatoms. The molecule has 0 aliphatic heterocycles. The Hall–Kier alpha value is -0.940. The molecule has 4 aliphatic carbocycles. The Morgan fingerprint density at radius 1 is 0.943 bits per heavy atom. The van der Waals surface area contributed by atoms with Crippen molar-refractivity contribution in [2.75, 3.05) is 27.2 Å². The highest BCUT2D eigenvalue weighted by Gasteiger charge is 2.59. The zero-order valence-corrected chi connectivity index (χ0v) is 24.6. The molecule has 0 spiro atoms. The fraction of sp³-hybridized carbons (Fsp3) is 0.933. The van der Waals surface area contributed by atoms with Crippen LogP contribution in [0.15, 0.2) is 0 Å². The zero-order chi connectivity index (χ0) is 26.8. The molecule has 5 nitrogen and oxygen atoms in total. The van der Waals surface area contributed by atoms with Crippen molar-refractivity contribution >= 4 is 11.6 Å². The molecule has 0 aromatic heterocycles. The van der Waals surface area contributed by atoms with E-state index >= 15 is 0 Å². The molecule has 1 amide bonds. The topological polar surface area (TPSA) is 85.2 Å². The zero-order valence-electron chi connectivity index (χ0n) is 24.6. The van der Waals surface area contributed by atoms with Crippen molar-refractivity contribution in [2.24, 2.45) is 46.3 Å². The van der Waals surface area contributed by atoms with Gasteiger partial charge in [0.15, 0.2) is 0 Å². The fourth-order valence-corrected chi connectivity index (χ4v) is 8.43. The molecule has 0 aromatic carbocycles. The van der Waals surface area contributed by atoms with E-state index in [4.69, 9.17) is 10.5 Å². The maximum absolute atomic E-state index is 9.70. The van der Waals surface area contributed by atoms with Gasteiger partial charge in [-0.1, -0.05) is 41.0 Å². The van der Waals surface area contributed by atoms with Crippen molar-refractivity contribution < 1.29 is 9.90 Å². The number of likely N-dealkylation sites (N-methyl/N-ethyl adjacent to an activating group) is 1. The number of fused-ring (bicyclic) bond motifs is 5. The Kier molecular flexibility index (Phi) is 13.5. The van der Waals surface area contributed by atoms with Gasteiger partial charge in [0.05, 0.1) is 6.61 Å². The first-order valence-electron chi connectivity index (χ1n) is 14.5. The number of carbonyl (C=O) groups excluding carboxylic acids is 1. The van der Waals surface area contributed by atoms with E-state index in [1.54, 1.807) is 14.1 Å². The predicted octanol–water partition coefficient (Wildman–Crippen LogP) is 6.30. The Morgan fingerprint density at radius 2 is 1.49 bits per heavy atom. The van der Waals surface area contributed by atoms with Gasteiger partial charge in [0, 0.05) is 32.1 Å². The summed E-state index contributed by atoms with van der Waals surface area (Å²) in [5.74, 6) is 5.50. The molecule has 8 atom stereocenters. The Morgan fingerprint density at radius 3 is 1.97 bits per heavy atom. The number of hydrogen-bond acceptors (Lipinski definition) is 4. The third-order valence-corrected chi connectivity index (χ3v) is 9.98. The van der Waals surface area contributed by atoms with Crippen LogP contribution in [0.3, 0.4) is 0 Å². The van der Waals surface area contributed by atoms with E-state index in [1.807, 2.05) is 13.8 Å². The van der Waals surface area contributed by atoms with Crippen molar-refractivity contribution in [1.29, 1.82) is 5.41 Å². The first-order valence-corrected chi connectivity index (χ1v) is 14.5. The van der Waals surface area contributed by atoms with Crippen molar-refractivity contribution in [3.8, 4) is 0 Å². The minimum absolute atomic E-state index is 0.00463. The van der Waals surface area contributed by atoms with E-state index in [2.05, 4.69) is 38.3 Å². The molecule has 4 aliphatic rings. The van der Waals surface area contributed by atoms with Crippen molar-refractivity contribution in [1.82, 2.24) is 10.6 Å². The number of rotatable bonds is 3. The van der Waals surface area contributed by atoms with E-state index in [9.17, 15) is 4.79 Å². The van der Waals surface area contributed by atoms with Gasteiger partial charge in [0.2, 0.25) is 5.91 Å². The molecule has 4 fully saturated rings. The van der Waals surface area contributed by atoms with Crippen LogP contribution in [0.2, 0.25) is 0 Å². The summed E-state index contributed by atoms with van der Waals surface area (Å²) in [7, 11) is 3.40. The first-order chi connectivity index (χ1) is 16.5. The minimum Gasteiger partial charge on any atom is -0.395 e. The molecule has 35 heavy (non-hydrogen) atoms. The predicted molar refractivity (Wildman–Crippen MR) is 150 cm³/mol. The molecule has 0 heterocycles. The summed E-state index contributed by atoms with van der Waals surface area (Å²) in [4.78, 5) is 9.70. The molecule has 0 aromatic rings. The van der Waals surface area contributed by atoms with Crippen LogP contribution >= 0.6 is 0 Å². The number of hydrogen-bond donors (Lipinski definition) is 4. The SMILES string of the molecule is CC.CC(=N)C1CCC2C3CCC4(C)CC(C)CCC4C3CCC12C.CNC(C)=O.CNCCO. The van der Waals surface area contributed by atoms with Gasteiger partial charge in [-0.2, -0.15) is 0 Å². The lowest BCUT2D eigenvalue weighted by Gasteiger charge is -2.60. The van der Waals surface area contributed by atoms with Gasteiger partial charge in [-0.05, 0) is 106 Å². The normalized spacial score (nSPS) is 38.9. The summed E-state index contributed by atoms with van der Waals surface area (Å²) in [5, 5.41) is 21.4. The second-order valence-electron chi connectivity index (χ2n) is 12.1. The largest absolute Gasteiger partial charge is 0.395 e. The van der Waals surface area contributed by atoms with Crippen molar-refractivity contribution in [3.05, 3.63) is 0 Å². The monoisotopic (exact) mass is 493 g/mol. The van der Waals surface area contributed by atoms with Gasteiger partial charge < -0.3 is 21.1 Å². The quantitative estimate of drug-likeness (QED) is 0.348. The molecule has 0 radical (unpaired) electrons. The van der Waals surface area contributed by atoms with Crippen LogP contribution in [0.1, 0.15) is 106 Å². The highest BCUT2D eigenvalue weighted by Crippen LogP contribution is 2.66. The van der Waals surface area contributed by atoms with Gasteiger partial charge in [-0.3, -0.25) is 4.79 Å². The van der Waals surface area contributed by atoms with Gasteiger partial charge >= 0.3 is 0 Å². The summed E-state index contributed by atoms with van der Waals surface area (Å²) >= 11 is 0. The minimum atomic E-state index is 0.00463. The standard InChI is InChI=1S/C22H37N.C3H9NO.C3H7NO.C2H6/c1-14-5-6-19-16-10-12-22(4)18(15(2)23)7-8-20(22)17(16)9-11-21(19,3)13-14;1-4-2-3-5;1-3(5)4-2;1-2/h14,16-20,23H,5-13H2,1-4H3;4-5H,2-3H2,1H3;1-2H3,(H,4,5);1-2H3. The summed E-state index contributed by atoms with van der Waals surface area (Å²) in [5.41, 5.74) is 2.09. The lowest BCUT2D eigenvalue weighted by atomic mass is 9.45. The maximum Gasteiger partial charge on any atom is 0.216 e. The number of nitrogens with one attached hydrogen (secondary N) is 3. The molecule has 4 saturated carbocycles. The van der Waals surface area contributed by atoms with Gasteiger partial charge in [-0.25, -0.2) is 0 Å². The summed E-state index contributed by atoms with van der Waals surface area (Å²) in [6.07, 6.45) is 13.1. The molecule has 0 saturated heterocycles. The third kappa shape index (κ3) is 7.77. The van der Waals surface area contributed by atoms with E-state index in [0.717, 1.165) is 35.3 Å². The Labute approximate surface area is 217 Å². The number of aliphatic hydroxyl groups is 1. The van der Waals surface area contributed by atoms with Crippen molar-refractivity contribution in [3.63, 3.8) is 0 Å². The second-order valence-corrected chi connectivity index (χ2v) is 12.1. The lowest BCUT2D eigenvalue weighted by Crippen LogP contribution is -2.52. The van der Waals surface area contributed by atoms with E-state index in [1.165, 1.54) is 64.7 Å². The van der Waals surface area contributed by atoms with Crippen LogP contribution in [0.4, 0.5) is 0 Å². The van der Waals surface area contributed by atoms with Crippen molar-refractivity contribution in [2.45, 2.75) is 106 Å². The molecule has 4 N–H and O–H groups in total.